The summed E-state index contributed by atoms with van der Waals surface area (Å²) < 4.78 is 6.95. The molecule has 0 spiro atoms. The molecule has 21 heavy (non-hydrogen) atoms. The first-order chi connectivity index (χ1) is 10.1. The predicted molar refractivity (Wildman–Crippen MR) is 85.1 cm³/mol. The fraction of sp³-hybridized carbons (Fsp3) is 0.133. The van der Waals surface area contributed by atoms with Gasteiger partial charge < -0.3 is 9.72 Å². The van der Waals surface area contributed by atoms with Gasteiger partial charge in [-0.3, -0.25) is 4.57 Å². The largest absolute Gasteiger partial charge is 0.494 e. The number of fused-ring (bicyclic) bond motifs is 1. The van der Waals surface area contributed by atoms with E-state index in [1.807, 2.05) is 31.2 Å². The summed E-state index contributed by atoms with van der Waals surface area (Å²) >= 11 is 12.0. The second kappa shape index (κ2) is 5.47. The van der Waals surface area contributed by atoms with E-state index < -0.39 is 0 Å². The van der Waals surface area contributed by atoms with Crippen LogP contribution in [0, 0.1) is 0 Å². The zero-order chi connectivity index (χ0) is 15.0. The van der Waals surface area contributed by atoms with Gasteiger partial charge in [-0.1, -0.05) is 23.2 Å². The summed E-state index contributed by atoms with van der Waals surface area (Å²) in [4.78, 5) is 14.9. The molecule has 1 heterocycles. The third-order valence-corrected chi connectivity index (χ3v) is 3.85. The maximum Gasteiger partial charge on any atom is 0.331 e. The predicted octanol–water partition coefficient (Wildman–Crippen LogP) is 4.02. The molecule has 0 atom stereocenters. The van der Waals surface area contributed by atoms with Crippen molar-refractivity contribution >= 4 is 34.2 Å². The van der Waals surface area contributed by atoms with Gasteiger partial charge in [-0.25, -0.2) is 4.79 Å². The van der Waals surface area contributed by atoms with Crippen LogP contribution in [0.15, 0.2) is 41.2 Å². The van der Waals surface area contributed by atoms with E-state index in [4.69, 9.17) is 27.9 Å². The number of ether oxygens (including phenoxy) is 1. The SMILES string of the molecule is CCOc1ccc(-n2c(=O)[nH]c3cc(Cl)c(Cl)cc32)cc1. The van der Waals surface area contributed by atoms with Crippen molar-refractivity contribution in [1.29, 1.82) is 0 Å². The number of halogens is 2. The normalized spacial score (nSPS) is 11.0. The minimum absolute atomic E-state index is 0.243. The molecule has 0 amide bonds. The van der Waals surface area contributed by atoms with Gasteiger partial charge in [0.05, 0.1) is 33.4 Å². The van der Waals surface area contributed by atoms with Crippen LogP contribution in [-0.2, 0) is 0 Å². The van der Waals surface area contributed by atoms with E-state index in [-0.39, 0.29) is 5.69 Å². The average Bonchev–Trinajstić information content (AvgIpc) is 2.76. The molecule has 0 aliphatic heterocycles. The molecule has 108 valence electrons. The third-order valence-electron chi connectivity index (χ3n) is 3.13. The quantitative estimate of drug-likeness (QED) is 0.791. The molecule has 1 N–H and O–H groups in total. The smallest absolute Gasteiger partial charge is 0.331 e. The lowest BCUT2D eigenvalue weighted by Crippen LogP contribution is -2.14. The molecular weight excluding hydrogens is 311 g/mol. The molecule has 0 saturated carbocycles. The van der Waals surface area contributed by atoms with E-state index in [0.29, 0.717) is 27.7 Å². The Morgan fingerprint density at radius 1 is 1.14 bits per heavy atom. The van der Waals surface area contributed by atoms with Crippen LogP contribution in [0.3, 0.4) is 0 Å². The van der Waals surface area contributed by atoms with Crippen molar-refractivity contribution < 1.29 is 4.74 Å². The van der Waals surface area contributed by atoms with Crippen molar-refractivity contribution in [3.05, 3.63) is 56.9 Å². The van der Waals surface area contributed by atoms with E-state index in [2.05, 4.69) is 4.98 Å². The van der Waals surface area contributed by atoms with Crippen LogP contribution in [0.5, 0.6) is 5.75 Å². The number of H-pyrrole nitrogens is 1. The number of benzene rings is 2. The molecule has 0 radical (unpaired) electrons. The van der Waals surface area contributed by atoms with Crippen LogP contribution in [0.2, 0.25) is 10.0 Å². The standard InChI is InChI=1S/C15H12Cl2N2O2/c1-2-21-10-5-3-9(4-6-10)19-14-8-12(17)11(16)7-13(14)18-15(19)20/h3-8H,2H2,1H3,(H,18,20). The lowest BCUT2D eigenvalue weighted by molar-refractivity contribution is 0.340. The summed E-state index contributed by atoms with van der Waals surface area (Å²) in [5.74, 6) is 0.759. The van der Waals surface area contributed by atoms with E-state index in [1.54, 1.807) is 16.7 Å². The maximum absolute atomic E-state index is 12.2. The first-order valence-electron chi connectivity index (χ1n) is 6.43. The summed E-state index contributed by atoms with van der Waals surface area (Å²) in [6, 6.07) is 10.6. The van der Waals surface area contributed by atoms with Gasteiger partial charge in [0.1, 0.15) is 5.75 Å². The maximum atomic E-state index is 12.2. The fourth-order valence-corrected chi connectivity index (χ4v) is 2.54. The van der Waals surface area contributed by atoms with E-state index in [1.165, 1.54) is 0 Å². The van der Waals surface area contributed by atoms with Gasteiger partial charge in [0, 0.05) is 0 Å². The number of rotatable bonds is 3. The molecule has 0 saturated heterocycles. The van der Waals surface area contributed by atoms with Gasteiger partial charge in [-0.2, -0.15) is 0 Å². The number of aromatic amines is 1. The lowest BCUT2D eigenvalue weighted by atomic mass is 10.2. The molecule has 4 nitrogen and oxygen atoms in total. The summed E-state index contributed by atoms with van der Waals surface area (Å²) in [6.07, 6.45) is 0. The van der Waals surface area contributed by atoms with Gasteiger partial charge in [0.25, 0.3) is 0 Å². The zero-order valence-corrected chi connectivity index (χ0v) is 12.7. The molecule has 0 aliphatic rings. The fourth-order valence-electron chi connectivity index (χ4n) is 2.22. The Labute approximate surface area is 130 Å². The van der Waals surface area contributed by atoms with Gasteiger partial charge >= 0.3 is 5.69 Å². The van der Waals surface area contributed by atoms with Crippen molar-refractivity contribution in [3.8, 4) is 11.4 Å². The van der Waals surface area contributed by atoms with Crippen molar-refractivity contribution in [2.24, 2.45) is 0 Å². The molecule has 0 fully saturated rings. The first kappa shape index (κ1) is 14.0. The number of hydrogen-bond acceptors (Lipinski definition) is 2. The molecule has 1 aromatic heterocycles. The molecular formula is C15H12Cl2N2O2. The number of nitrogens with zero attached hydrogens (tertiary/aromatic N) is 1. The highest BCUT2D eigenvalue weighted by Gasteiger charge is 2.11. The second-order valence-corrected chi connectivity index (χ2v) is 5.29. The number of hydrogen-bond donors (Lipinski definition) is 1. The second-order valence-electron chi connectivity index (χ2n) is 4.48. The summed E-state index contributed by atoms with van der Waals surface area (Å²) in [5, 5.41) is 0.812. The van der Waals surface area contributed by atoms with E-state index in [9.17, 15) is 4.79 Å². The Balaban J connectivity index is 2.17. The van der Waals surface area contributed by atoms with Crippen LogP contribution in [0.1, 0.15) is 6.92 Å². The molecule has 2 aromatic carbocycles. The third kappa shape index (κ3) is 2.52. The monoisotopic (exact) mass is 322 g/mol. The Morgan fingerprint density at radius 3 is 2.48 bits per heavy atom. The average molecular weight is 323 g/mol. The number of imidazole rings is 1. The minimum atomic E-state index is -0.243. The highest BCUT2D eigenvalue weighted by atomic mass is 35.5. The summed E-state index contributed by atoms with van der Waals surface area (Å²) in [6.45, 7) is 2.52. The Hall–Kier alpha value is -1.91. The van der Waals surface area contributed by atoms with Crippen molar-refractivity contribution in [1.82, 2.24) is 9.55 Å². The van der Waals surface area contributed by atoms with E-state index in [0.717, 1.165) is 11.4 Å². The van der Waals surface area contributed by atoms with Gasteiger partial charge in [0.15, 0.2) is 0 Å². The molecule has 0 unspecified atom stereocenters. The Kier molecular flexibility index (Phi) is 3.66. The zero-order valence-electron chi connectivity index (χ0n) is 11.2. The first-order valence-corrected chi connectivity index (χ1v) is 7.18. The highest BCUT2D eigenvalue weighted by molar-refractivity contribution is 6.42. The van der Waals surface area contributed by atoms with Crippen LogP contribution in [-0.4, -0.2) is 16.2 Å². The molecule has 0 aliphatic carbocycles. The van der Waals surface area contributed by atoms with Crippen LogP contribution in [0.25, 0.3) is 16.7 Å². The van der Waals surface area contributed by atoms with Crippen LogP contribution < -0.4 is 10.4 Å². The topological polar surface area (TPSA) is 47.0 Å². The van der Waals surface area contributed by atoms with Crippen molar-refractivity contribution in [2.45, 2.75) is 6.92 Å². The van der Waals surface area contributed by atoms with E-state index >= 15 is 0 Å². The van der Waals surface area contributed by atoms with Crippen molar-refractivity contribution in [3.63, 3.8) is 0 Å². The lowest BCUT2D eigenvalue weighted by Gasteiger charge is -2.06. The molecule has 0 bridgehead atoms. The van der Waals surface area contributed by atoms with Gasteiger partial charge in [-0.15, -0.1) is 0 Å². The Bertz CT molecular complexity index is 850. The molecule has 3 aromatic rings. The van der Waals surface area contributed by atoms with Crippen molar-refractivity contribution in [2.75, 3.05) is 6.61 Å². The van der Waals surface area contributed by atoms with Crippen LogP contribution >= 0.6 is 23.2 Å². The number of nitrogens with one attached hydrogen (secondary N) is 1. The Morgan fingerprint density at radius 2 is 1.81 bits per heavy atom. The van der Waals surface area contributed by atoms with Gasteiger partial charge in [-0.05, 0) is 43.3 Å². The minimum Gasteiger partial charge on any atom is -0.494 e. The summed E-state index contributed by atoms with van der Waals surface area (Å²) in [7, 11) is 0. The molecule has 3 rings (SSSR count). The van der Waals surface area contributed by atoms with Crippen LogP contribution in [0.4, 0.5) is 0 Å². The van der Waals surface area contributed by atoms with Gasteiger partial charge in [0.2, 0.25) is 0 Å². The summed E-state index contributed by atoms with van der Waals surface area (Å²) in [5.41, 5.74) is 1.81. The number of aromatic nitrogens is 2. The highest BCUT2D eigenvalue weighted by Crippen LogP contribution is 2.27. The molecule has 6 heteroatoms.